The molecule has 1 saturated carbocycles. The molecule has 0 spiro atoms. The molecule has 23 heavy (non-hydrogen) atoms. The lowest BCUT2D eigenvalue weighted by atomic mass is 10.2. The molecule has 1 unspecified atom stereocenters. The number of alkyl carbamates (subject to hydrolysis) is 1. The van der Waals surface area contributed by atoms with Gasteiger partial charge in [-0.25, -0.2) is 9.78 Å². The van der Waals surface area contributed by atoms with E-state index in [0.29, 0.717) is 19.0 Å². The zero-order valence-electron chi connectivity index (χ0n) is 14.3. The Balaban J connectivity index is 1.83. The van der Waals surface area contributed by atoms with E-state index in [2.05, 4.69) is 15.6 Å². The molecule has 1 aromatic heterocycles. The number of ether oxygens (including phenoxy) is 1. The van der Waals surface area contributed by atoms with E-state index in [1.165, 1.54) is 0 Å². The van der Waals surface area contributed by atoms with Crippen molar-refractivity contribution in [2.45, 2.75) is 64.6 Å². The van der Waals surface area contributed by atoms with Crippen molar-refractivity contribution in [3.63, 3.8) is 0 Å². The summed E-state index contributed by atoms with van der Waals surface area (Å²) in [6, 6.07) is 0.0281. The highest BCUT2D eigenvalue weighted by molar-refractivity contribution is 5.80. The Morgan fingerprint density at radius 2 is 2.13 bits per heavy atom. The van der Waals surface area contributed by atoms with Gasteiger partial charge >= 0.3 is 6.09 Å². The van der Waals surface area contributed by atoms with Crippen LogP contribution in [-0.2, 0) is 16.0 Å². The van der Waals surface area contributed by atoms with Gasteiger partial charge < -0.3 is 19.9 Å². The molecule has 7 heteroatoms. The van der Waals surface area contributed by atoms with Crippen LogP contribution >= 0.6 is 0 Å². The van der Waals surface area contributed by atoms with Crippen LogP contribution in [0, 0.1) is 0 Å². The monoisotopic (exact) mass is 322 g/mol. The minimum absolute atomic E-state index is 0.00634. The Morgan fingerprint density at radius 1 is 1.43 bits per heavy atom. The number of carbonyl (C=O) groups excluding carboxylic acids is 2. The molecular formula is C16H26N4O3. The van der Waals surface area contributed by atoms with Gasteiger partial charge in [0.15, 0.2) is 0 Å². The van der Waals surface area contributed by atoms with Crippen molar-refractivity contribution in [2.24, 2.45) is 0 Å². The lowest BCUT2D eigenvalue weighted by Gasteiger charge is -2.20. The van der Waals surface area contributed by atoms with Crippen LogP contribution in [0.25, 0.3) is 0 Å². The summed E-state index contributed by atoms with van der Waals surface area (Å²) in [7, 11) is 0. The van der Waals surface area contributed by atoms with Crippen LogP contribution < -0.4 is 10.6 Å². The van der Waals surface area contributed by atoms with Gasteiger partial charge in [0.05, 0.1) is 6.33 Å². The quantitative estimate of drug-likeness (QED) is 0.836. The van der Waals surface area contributed by atoms with E-state index in [1.54, 1.807) is 12.5 Å². The second kappa shape index (κ2) is 7.02. The summed E-state index contributed by atoms with van der Waals surface area (Å²) in [5, 5.41) is 5.70. The third-order valence-electron chi connectivity index (χ3n) is 3.52. The van der Waals surface area contributed by atoms with Crippen molar-refractivity contribution < 1.29 is 14.3 Å². The van der Waals surface area contributed by atoms with Crippen LogP contribution in [0.15, 0.2) is 12.5 Å². The summed E-state index contributed by atoms with van der Waals surface area (Å²) >= 11 is 0. The Labute approximate surface area is 136 Å². The number of rotatable bonds is 6. The largest absolute Gasteiger partial charge is 0.444 e. The Bertz CT molecular complexity index is 558. The first-order chi connectivity index (χ1) is 10.8. The van der Waals surface area contributed by atoms with Crippen LogP contribution in [0.5, 0.6) is 0 Å². The molecule has 0 aromatic carbocycles. The summed E-state index contributed by atoms with van der Waals surface area (Å²) in [5.74, 6) is 0.00634. The average molecular weight is 322 g/mol. The molecule has 0 radical (unpaired) electrons. The predicted octanol–water partition coefficient (Wildman–Crippen LogP) is 1.79. The summed E-state index contributed by atoms with van der Waals surface area (Å²) < 4.78 is 7.03. The van der Waals surface area contributed by atoms with Crippen molar-refractivity contribution in [2.75, 3.05) is 6.54 Å². The molecule has 1 atom stereocenters. The van der Waals surface area contributed by atoms with Crippen molar-refractivity contribution in [3.8, 4) is 0 Å². The molecule has 1 fully saturated rings. The van der Waals surface area contributed by atoms with Crippen LogP contribution in [0.2, 0.25) is 0 Å². The van der Waals surface area contributed by atoms with Gasteiger partial charge in [0.25, 0.3) is 0 Å². The number of aromatic nitrogens is 2. The van der Waals surface area contributed by atoms with Gasteiger partial charge in [-0.1, -0.05) is 0 Å². The van der Waals surface area contributed by atoms with E-state index in [-0.39, 0.29) is 11.9 Å². The van der Waals surface area contributed by atoms with E-state index in [1.807, 2.05) is 32.3 Å². The smallest absolute Gasteiger partial charge is 0.407 e. The highest BCUT2D eigenvalue weighted by Gasteiger charge is 2.26. The molecule has 0 bridgehead atoms. The van der Waals surface area contributed by atoms with Crippen LogP contribution in [0.3, 0.4) is 0 Å². The maximum atomic E-state index is 12.1. The minimum atomic E-state index is -0.513. The number of hydrogen-bond acceptors (Lipinski definition) is 4. The third-order valence-corrected chi connectivity index (χ3v) is 3.52. The summed E-state index contributed by atoms with van der Waals surface area (Å²) in [6.45, 7) is 7.74. The summed E-state index contributed by atoms with van der Waals surface area (Å²) in [4.78, 5) is 27.9. The molecule has 2 rings (SSSR count). The number of nitrogens with zero attached hydrogens (tertiary/aromatic N) is 2. The van der Waals surface area contributed by atoms with Gasteiger partial charge in [-0.15, -0.1) is 0 Å². The Kier molecular flexibility index (Phi) is 5.28. The van der Waals surface area contributed by atoms with E-state index in [0.717, 1.165) is 18.5 Å². The molecule has 1 aliphatic carbocycles. The molecule has 1 aliphatic rings. The van der Waals surface area contributed by atoms with Gasteiger partial charge in [0.2, 0.25) is 5.91 Å². The highest BCUT2D eigenvalue weighted by Crippen LogP contribution is 2.20. The molecule has 2 amide bonds. The topological polar surface area (TPSA) is 85.3 Å². The normalized spacial score (nSPS) is 15.8. The third kappa shape index (κ3) is 5.58. The number of hydrogen-bond donors (Lipinski definition) is 2. The molecular weight excluding hydrogens is 296 g/mol. The fourth-order valence-electron chi connectivity index (χ4n) is 2.16. The molecule has 1 aromatic rings. The molecule has 0 saturated heterocycles. The Hall–Kier alpha value is -2.05. The predicted molar refractivity (Wildman–Crippen MR) is 86.0 cm³/mol. The lowest BCUT2D eigenvalue weighted by molar-refractivity contribution is -0.124. The number of nitrogens with one attached hydrogen (secondary N) is 2. The van der Waals surface area contributed by atoms with Gasteiger partial charge in [-0.05, 0) is 40.5 Å². The van der Waals surface area contributed by atoms with E-state index >= 15 is 0 Å². The maximum Gasteiger partial charge on any atom is 0.407 e. The zero-order valence-corrected chi connectivity index (χ0v) is 14.3. The first kappa shape index (κ1) is 17.3. The van der Waals surface area contributed by atoms with Crippen molar-refractivity contribution in [1.29, 1.82) is 0 Å². The standard InChI is InChI=1S/C16H26N4O3/c1-11(14(21)19-12-5-6-12)20-10-17-9-13(20)7-8-18-15(22)23-16(2,3)4/h9-12H,5-8H2,1-4H3,(H,18,22)(H,19,21). The van der Waals surface area contributed by atoms with Crippen LogP contribution in [0.4, 0.5) is 4.79 Å². The lowest BCUT2D eigenvalue weighted by Crippen LogP contribution is -2.35. The highest BCUT2D eigenvalue weighted by atomic mass is 16.6. The van der Waals surface area contributed by atoms with Crippen molar-refractivity contribution >= 4 is 12.0 Å². The fourth-order valence-corrected chi connectivity index (χ4v) is 2.16. The minimum Gasteiger partial charge on any atom is -0.444 e. The molecule has 1 heterocycles. The van der Waals surface area contributed by atoms with Gasteiger partial charge in [0.1, 0.15) is 11.6 Å². The van der Waals surface area contributed by atoms with E-state index in [4.69, 9.17) is 4.74 Å². The second-order valence-corrected chi connectivity index (χ2v) is 6.93. The van der Waals surface area contributed by atoms with Crippen LogP contribution in [-0.4, -0.2) is 39.7 Å². The number of amides is 2. The molecule has 0 aliphatic heterocycles. The Morgan fingerprint density at radius 3 is 2.74 bits per heavy atom. The first-order valence-electron chi connectivity index (χ1n) is 8.04. The number of carbonyl (C=O) groups is 2. The fraction of sp³-hybridized carbons (Fsp3) is 0.688. The second-order valence-electron chi connectivity index (χ2n) is 6.93. The SMILES string of the molecule is CC(C(=O)NC1CC1)n1cncc1CCNC(=O)OC(C)(C)C. The van der Waals surface area contributed by atoms with E-state index < -0.39 is 11.7 Å². The summed E-state index contributed by atoms with van der Waals surface area (Å²) in [6.07, 6.45) is 5.64. The summed E-state index contributed by atoms with van der Waals surface area (Å²) in [5.41, 5.74) is 0.390. The zero-order chi connectivity index (χ0) is 17.0. The number of imidazole rings is 1. The molecule has 7 nitrogen and oxygen atoms in total. The van der Waals surface area contributed by atoms with Gasteiger partial charge in [-0.2, -0.15) is 0 Å². The van der Waals surface area contributed by atoms with Crippen molar-refractivity contribution in [1.82, 2.24) is 20.2 Å². The van der Waals surface area contributed by atoms with Gasteiger partial charge in [0, 0.05) is 30.9 Å². The molecule has 2 N–H and O–H groups in total. The van der Waals surface area contributed by atoms with E-state index in [9.17, 15) is 9.59 Å². The molecule has 128 valence electrons. The average Bonchev–Trinajstić information content (AvgIpc) is 3.12. The first-order valence-corrected chi connectivity index (χ1v) is 8.04. The van der Waals surface area contributed by atoms with Crippen molar-refractivity contribution in [3.05, 3.63) is 18.2 Å². The van der Waals surface area contributed by atoms with Gasteiger partial charge in [-0.3, -0.25) is 4.79 Å². The van der Waals surface area contributed by atoms with Crippen LogP contribution in [0.1, 0.15) is 52.3 Å². The maximum absolute atomic E-state index is 12.1.